The normalized spacial score (nSPS) is 26.7. The van der Waals surface area contributed by atoms with E-state index in [1.807, 2.05) is 0 Å². The minimum atomic E-state index is -0.523. The van der Waals surface area contributed by atoms with Crippen molar-refractivity contribution < 1.29 is 9.59 Å². The van der Waals surface area contributed by atoms with Crippen LogP contribution in [0.15, 0.2) is 0 Å². The van der Waals surface area contributed by atoms with Gasteiger partial charge in [-0.05, 0) is 12.8 Å². The second-order valence-electron chi connectivity index (χ2n) is 4.09. The summed E-state index contributed by atoms with van der Waals surface area (Å²) in [6, 6.07) is -0.0830. The van der Waals surface area contributed by atoms with Crippen molar-refractivity contribution in [1.29, 1.82) is 0 Å². The van der Waals surface area contributed by atoms with Crippen molar-refractivity contribution >= 4 is 11.8 Å². The molecule has 2 atom stereocenters. The first-order valence-corrected chi connectivity index (χ1v) is 5.43. The van der Waals surface area contributed by atoms with Crippen LogP contribution in [-0.4, -0.2) is 24.4 Å². The number of amides is 2. The third-order valence-corrected chi connectivity index (χ3v) is 2.84. The summed E-state index contributed by atoms with van der Waals surface area (Å²) in [5.41, 5.74) is 10.9. The average molecular weight is 213 g/mol. The van der Waals surface area contributed by atoms with Gasteiger partial charge >= 0.3 is 0 Å². The Morgan fingerprint density at radius 3 is 2.53 bits per heavy atom. The zero-order chi connectivity index (χ0) is 11.3. The summed E-state index contributed by atoms with van der Waals surface area (Å²) < 4.78 is 0. The van der Waals surface area contributed by atoms with E-state index in [9.17, 15) is 9.59 Å². The monoisotopic (exact) mass is 213 g/mol. The van der Waals surface area contributed by atoms with Gasteiger partial charge in [-0.25, -0.2) is 0 Å². The molecule has 0 radical (unpaired) electrons. The Morgan fingerprint density at radius 2 is 1.87 bits per heavy atom. The number of nitrogens with two attached hydrogens (primary N) is 2. The van der Waals surface area contributed by atoms with E-state index in [1.165, 1.54) is 0 Å². The van der Waals surface area contributed by atoms with Crippen LogP contribution in [0.3, 0.4) is 0 Å². The fourth-order valence-electron chi connectivity index (χ4n) is 1.97. The van der Waals surface area contributed by atoms with Crippen molar-refractivity contribution in [2.75, 3.05) is 6.54 Å². The molecule has 0 saturated heterocycles. The van der Waals surface area contributed by atoms with E-state index in [4.69, 9.17) is 11.5 Å². The maximum atomic E-state index is 11.7. The fraction of sp³-hybridized carbons (Fsp3) is 0.800. The van der Waals surface area contributed by atoms with Gasteiger partial charge in [-0.3, -0.25) is 9.59 Å². The molecule has 1 rings (SSSR count). The number of primary amides is 1. The standard InChI is InChI=1S/C10H19N3O2/c11-8-5-3-1-2-4-7(8)10(15)13-6-9(12)14/h7-8H,1-6,11H2,(H2,12,14)(H,13,15). The second-order valence-corrected chi connectivity index (χ2v) is 4.09. The zero-order valence-corrected chi connectivity index (χ0v) is 8.87. The molecule has 0 aliphatic heterocycles. The number of nitrogens with one attached hydrogen (secondary N) is 1. The van der Waals surface area contributed by atoms with Crippen LogP contribution in [0.2, 0.25) is 0 Å². The van der Waals surface area contributed by atoms with Crippen LogP contribution < -0.4 is 16.8 Å². The molecule has 0 aromatic rings. The first-order chi connectivity index (χ1) is 7.11. The SMILES string of the molecule is NC(=O)CNC(=O)C1CCCCCC1N. The molecule has 2 unspecified atom stereocenters. The highest BCUT2D eigenvalue weighted by Crippen LogP contribution is 2.22. The lowest BCUT2D eigenvalue weighted by molar-refractivity contribution is -0.128. The maximum Gasteiger partial charge on any atom is 0.236 e. The molecule has 5 nitrogen and oxygen atoms in total. The van der Waals surface area contributed by atoms with Gasteiger partial charge in [-0.1, -0.05) is 19.3 Å². The van der Waals surface area contributed by atoms with Crippen molar-refractivity contribution in [2.45, 2.75) is 38.1 Å². The Labute approximate surface area is 89.6 Å². The predicted octanol–water partition coefficient (Wildman–Crippen LogP) is -0.504. The largest absolute Gasteiger partial charge is 0.368 e. The van der Waals surface area contributed by atoms with Gasteiger partial charge in [0.25, 0.3) is 0 Å². The summed E-state index contributed by atoms with van der Waals surface area (Å²) in [4.78, 5) is 22.2. The van der Waals surface area contributed by atoms with Crippen molar-refractivity contribution in [3.63, 3.8) is 0 Å². The molecular weight excluding hydrogens is 194 g/mol. The number of carbonyl (C=O) groups excluding carboxylic acids is 2. The Hall–Kier alpha value is -1.10. The molecule has 2 amide bonds. The van der Waals surface area contributed by atoms with Crippen LogP contribution in [0.25, 0.3) is 0 Å². The number of rotatable bonds is 3. The van der Waals surface area contributed by atoms with Gasteiger partial charge in [-0.15, -0.1) is 0 Å². The first-order valence-electron chi connectivity index (χ1n) is 5.43. The summed E-state index contributed by atoms with van der Waals surface area (Å²) in [5, 5.41) is 2.52. The van der Waals surface area contributed by atoms with E-state index in [0.29, 0.717) is 0 Å². The van der Waals surface area contributed by atoms with Crippen LogP contribution in [0.4, 0.5) is 0 Å². The Bertz CT molecular complexity index is 243. The summed E-state index contributed by atoms with van der Waals surface area (Å²) in [7, 11) is 0. The van der Waals surface area contributed by atoms with Crippen molar-refractivity contribution in [2.24, 2.45) is 17.4 Å². The Balaban J connectivity index is 2.44. The number of hydrogen-bond donors (Lipinski definition) is 3. The zero-order valence-electron chi connectivity index (χ0n) is 8.87. The lowest BCUT2D eigenvalue weighted by Gasteiger charge is -2.19. The first kappa shape index (κ1) is 12.0. The minimum Gasteiger partial charge on any atom is -0.368 e. The third-order valence-electron chi connectivity index (χ3n) is 2.84. The van der Waals surface area contributed by atoms with E-state index in [-0.39, 0.29) is 24.4 Å². The lowest BCUT2D eigenvalue weighted by atomic mass is 9.94. The lowest BCUT2D eigenvalue weighted by Crippen LogP contribution is -2.43. The van der Waals surface area contributed by atoms with Gasteiger partial charge < -0.3 is 16.8 Å². The third kappa shape index (κ3) is 3.87. The van der Waals surface area contributed by atoms with E-state index in [2.05, 4.69) is 5.32 Å². The second kappa shape index (κ2) is 5.70. The fourth-order valence-corrected chi connectivity index (χ4v) is 1.97. The Kier molecular flexibility index (Phi) is 4.55. The van der Waals surface area contributed by atoms with Crippen molar-refractivity contribution in [3.05, 3.63) is 0 Å². The molecule has 0 aromatic heterocycles. The van der Waals surface area contributed by atoms with E-state index < -0.39 is 5.91 Å². The maximum absolute atomic E-state index is 11.7. The van der Waals surface area contributed by atoms with E-state index >= 15 is 0 Å². The summed E-state index contributed by atoms with van der Waals surface area (Å²) in [6.07, 6.45) is 4.94. The van der Waals surface area contributed by atoms with Gasteiger partial charge in [0.2, 0.25) is 11.8 Å². The number of carbonyl (C=O) groups is 2. The van der Waals surface area contributed by atoms with E-state index in [0.717, 1.165) is 32.1 Å². The van der Waals surface area contributed by atoms with Crippen LogP contribution in [0.1, 0.15) is 32.1 Å². The molecule has 0 aromatic carbocycles. The van der Waals surface area contributed by atoms with E-state index in [1.54, 1.807) is 0 Å². The minimum absolute atomic E-state index is 0.0830. The molecule has 0 spiro atoms. The van der Waals surface area contributed by atoms with Gasteiger partial charge in [0.15, 0.2) is 0 Å². The average Bonchev–Trinajstić information content (AvgIpc) is 2.39. The van der Waals surface area contributed by atoms with Crippen LogP contribution in [0.5, 0.6) is 0 Å². The van der Waals surface area contributed by atoms with Crippen LogP contribution in [0, 0.1) is 5.92 Å². The molecule has 1 aliphatic rings. The summed E-state index contributed by atoms with van der Waals surface area (Å²) in [6.45, 7) is -0.0952. The van der Waals surface area contributed by atoms with Crippen molar-refractivity contribution in [3.8, 4) is 0 Å². The molecule has 15 heavy (non-hydrogen) atoms. The highest BCUT2D eigenvalue weighted by Gasteiger charge is 2.26. The molecule has 86 valence electrons. The van der Waals surface area contributed by atoms with Gasteiger partial charge in [-0.2, -0.15) is 0 Å². The molecular formula is C10H19N3O2. The molecule has 5 N–H and O–H groups in total. The highest BCUT2D eigenvalue weighted by atomic mass is 16.2. The van der Waals surface area contributed by atoms with Crippen LogP contribution in [-0.2, 0) is 9.59 Å². The Morgan fingerprint density at radius 1 is 1.20 bits per heavy atom. The predicted molar refractivity (Wildman–Crippen MR) is 56.8 cm³/mol. The molecule has 1 fully saturated rings. The summed E-state index contributed by atoms with van der Waals surface area (Å²) >= 11 is 0. The molecule has 0 heterocycles. The topological polar surface area (TPSA) is 98.2 Å². The smallest absolute Gasteiger partial charge is 0.236 e. The van der Waals surface area contributed by atoms with Gasteiger partial charge in [0, 0.05) is 6.04 Å². The van der Waals surface area contributed by atoms with Crippen LogP contribution >= 0.6 is 0 Å². The number of hydrogen-bond acceptors (Lipinski definition) is 3. The molecule has 1 aliphatic carbocycles. The molecule has 1 saturated carbocycles. The van der Waals surface area contributed by atoms with Gasteiger partial charge in [0.05, 0.1) is 12.5 Å². The highest BCUT2D eigenvalue weighted by molar-refractivity contribution is 5.85. The summed E-state index contributed by atoms with van der Waals surface area (Å²) in [5.74, 6) is -0.819. The quantitative estimate of drug-likeness (QED) is 0.551. The molecule has 5 heteroatoms. The van der Waals surface area contributed by atoms with Gasteiger partial charge in [0.1, 0.15) is 0 Å². The molecule has 0 bridgehead atoms. The van der Waals surface area contributed by atoms with Crippen molar-refractivity contribution in [1.82, 2.24) is 5.32 Å².